The summed E-state index contributed by atoms with van der Waals surface area (Å²) in [5.74, 6) is 1.49. The van der Waals surface area contributed by atoms with Gasteiger partial charge in [-0.05, 0) is 30.0 Å². The number of hydrogen-bond donors (Lipinski definition) is 1. The molecule has 0 saturated carbocycles. The first-order valence-corrected chi connectivity index (χ1v) is 6.14. The summed E-state index contributed by atoms with van der Waals surface area (Å²) >= 11 is 0. The Bertz CT molecular complexity index is 292. The van der Waals surface area contributed by atoms with E-state index in [2.05, 4.69) is 32.9 Å². The van der Waals surface area contributed by atoms with Crippen LogP contribution in [0.25, 0.3) is 0 Å². The van der Waals surface area contributed by atoms with Crippen molar-refractivity contribution in [1.82, 2.24) is 0 Å². The number of hydrogen-bond acceptors (Lipinski definition) is 2. The largest absolute Gasteiger partial charge is 0.489 e. The van der Waals surface area contributed by atoms with E-state index >= 15 is 0 Å². The molecule has 0 radical (unpaired) electrons. The Morgan fingerprint density at radius 3 is 2.25 bits per heavy atom. The Balaban J connectivity index is 2.60. The van der Waals surface area contributed by atoms with Crippen LogP contribution in [0, 0.1) is 0 Å². The molecule has 1 aromatic rings. The molecule has 2 N–H and O–H groups in total. The molecule has 0 saturated heterocycles. The summed E-state index contributed by atoms with van der Waals surface area (Å²) in [5.41, 5.74) is 7.00. The number of benzene rings is 1. The minimum absolute atomic E-state index is 0.148. The van der Waals surface area contributed by atoms with Gasteiger partial charge in [0.15, 0.2) is 0 Å². The molecule has 2 nitrogen and oxygen atoms in total. The minimum Gasteiger partial charge on any atom is -0.489 e. The molecular weight excluding hydrogens is 198 g/mol. The van der Waals surface area contributed by atoms with E-state index in [-0.39, 0.29) is 6.10 Å². The molecule has 1 aromatic carbocycles. The summed E-state index contributed by atoms with van der Waals surface area (Å²) < 4.78 is 5.81. The summed E-state index contributed by atoms with van der Waals surface area (Å²) in [6, 6.07) is 8.32. The highest BCUT2D eigenvalue weighted by Crippen LogP contribution is 2.19. The van der Waals surface area contributed by atoms with E-state index in [4.69, 9.17) is 10.5 Å². The molecule has 1 atom stereocenters. The van der Waals surface area contributed by atoms with Crippen molar-refractivity contribution < 1.29 is 4.74 Å². The van der Waals surface area contributed by atoms with Crippen LogP contribution in [-0.4, -0.2) is 12.6 Å². The van der Waals surface area contributed by atoms with Crippen LogP contribution >= 0.6 is 0 Å². The van der Waals surface area contributed by atoms with Crippen LogP contribution in [0.5, 0.6) is 5.75 Å². The number of rotatable bonds is 6. The summed E-state index contributed by atoms with van der Waals surface area (Å²) in [7, 11) is 0. The lowest BCUT2D eigenvalue weighted by Gasteiger charge is -2.17. The van der Waals surface area contributed by atoms with Gasteiger partial charge in [0.05, 0.1) is 0 Å². The van der Waals surface area contributed by atoms with Crippen molar-refractivity contribution in [3.8, 4) is 5.75 Å². The predicted octanol–water partition coefficient (Wildman–Crippen LogP) is 3.32. The third-order valence-corrected chi connectivity index (χ3v) is 2.72. The fourth-order valence-electron chi connectivity index (χ4n) is 1.67. The zero-order valence-electron chi connectivity index (χ0n) is 10.6. The van der Waals surface area contributed by atoms with E-state index in [1.165, 1.54) is 5.56 Å². The van der Waals surface area contributed by atoms with Crippen molar-refractivity contribution in [1.29, 1.82) is 0 Å². The van der Waals surface area contributed by atoms with Gasteiger partial charge >= 0.3 is 0 Å². The topological polar surface area (TPSA) is 35.2 Å². The molecule has 90 valence electrons. The molecule has 0 fully saturated rings. The molecule has 0 aromatic heterocycles. The standard InChI is InChI=1S/C14H23NO/c1-4-5-14(10-15)16-13-8-6-12(7-9-13)11(2)3/h6-9,11,14H,4-5,10,15H2,1-3H3. The maximum absolute atomic E-state index is 5.81. The Kier molecular flexibility index (Phi) is 5.33. The van der Waals surface area contributed by atoms with Crippen LogP contribution in [0.2, 0.25) is 0 Å². The highest BCUT2D eigenvalue weighted by Gasteiger charge is 2.07. The van der Waals surface area contributed by atoms with Gasteiger partial charge in [0.1, 0.15) is 11.9 Å². The maximum atomic E-state index is 5.81. The molecule has 0 aliphatic heterocycles. The molecule has 1 rings (SSSR count). The van der Waals surface area contributed by atoms with E-state index in [9.17, 15) is 0 Å². The third kappa shape index (κ3) is 3.86. The van der Waals surface area contributed by atoms with Gasteiger partial charge in [0, 0.05) is 6.54 Å². The highest BCUT2D eigenvalue weighted by atomic mass is 16.5. The first-order valence-electron chi connectivity index (χ1n) is 6.14. The molecule has 0 bridgehead atoms. The third-order valence-electron chi connectivity index (χ3n) is 2.72. The minimum atomic E-state index is 0.148. The smallest absolute Gasteiger partial charge is 0.119 e. The van der Waals surface area contributed by atoms with Gasteiger partial charge in [-0.2, -0.15) is 0 Å². The van der Waals surface area contributed by atoms with Crippen molar-refractivity contribution in [2.45, 2.75) is 45.6 Å². The van der Waals surface area contributed by atoms with E-state index in [1.807, 2.05) is 12.1 Å². The van der Waals surface area contributed by atoms with Crippen LogP contribution in [-0.2, 0) is 0 Å². The van der Waals surface area contributed by atoms with E-state index in [0.29, 0.717) is 12.5 Å². The summed E-state index contributed by atoms with van der Waals surface area (Å²) in [4.78, 5) is 0. The Hall–Kier alpha value is -1.02. The Labute approximate surface area is 98.8 Å². The highest BCUT2D eigenvalue weighted by molar-refractivity contribution is 5.29. The van der Waals surface area contributed by atoms with Crippen LogP contribution < -0.4 is 10.5 Å². The molecule has 0 aliphatic rings. The van der Waals surface area contributed by atoms with Crippen molar-refractivity contribution in [3.63, 3.8) is 0 Å². The van der Waals surface area contributed by atoms with E-state index < -0.39 is 0 Å². The van der Waals surface area contributed by atoms with Crippen molar-refractivity contribution in [2.75, 3.05) is 6.54 Å². The molecule has 0 spiro atoms. The van der Waals surface area contributed by atoms with E-state index in [0.717, 1.165) is 18.6 Å². The molecule has 0 aliphatic carbocycles. The first kappa shape index (κ1) is 13.0. The average molecular weight is 221 g/mol. The van der Waals surface area contributed by atoms with Gasteiger partial charge in [-0.15, -0.1) is 0 Å². The van der Waals surface area contributed by atoms with Crippen LogP contribution in [0.3, 0.4) is 0 Å². The average Bonchev–Trinajstić information content (AvgIpc) is 2.29. The molecule has 2 heteroatoms. The maximum Gasteiger partial charge on any atom is 0.119 e. The normalized spacial score (nSPS) is 12.8. The molecule has 1 unspecified atom stereocenters. The van der Waals surface area contributed by atoms with Crippen LogP contribution in [0.15, 0.2) is 24.3 Å². The fraction of sp³-hybridized carbons (Fsp3) is 0.571. The fourth-order valence-corrected chi connectivity index (χ4v) is 1.67. The summed E-state index contributed by atoms with van der Waals surface area (Å²) in [6.07, 6.45) is 2.27. The second-order valence-electron chi connectivity index (χ2n) is 4.49. The van der Waals surface area contributed by atoms with Gasteiger partial charge in [0.25, 0.3) is 0 Å². The lowest BCUT2D eigenvalue weighted by molar-refractivity contribution is 0.198. The van der Waals surface area contributed by atoms with Gasteiger partial charge in [-0.3, -0.25) is 0 Å². The Morgan fingerprint density at radius 2 is 1.81 bits per heavy atom. The monoisotopic (exact) mass is 221 g/mol. The number of ether oxygens (including phenoxy) is 1. The SMILES string of the molecule is CCCC(CN)Oc1ccc(C(C)C)cc1. The second kappa shape index (κ2) is 6.54. The predicted molar refractivity (Wildman–Crippen MR) is 68.9 cm³/mol. The quantitative estimate of drug-likeness (QED) is 0.799. The molecule has 0 heterocycles. The molecular formula is C14H23NO. The first-order chi connectivity index (χ1) is 7.67. The zero-order chi connectivity index (χ0) is 12.0. The van der Waals surface area contributed by atoms with Gasteiger partial charge < -0.3 is 10.5 Å². The molecule has 16 heavy (non-hydrogen) atoms. The van der Waals surface area contributed by atoms with Gasteiger partial charge in [-0.1, -0.05) is 39.3 Å². The molecule has 0 amide bonds. The van der Waals surface area contributed by atoms with Crippen molar-refractivity contribution in [2.24, 2.45) is 5.73 Å². The van der Waals surface area contributed by atoms with Crippen molar-refractivity contribution in [3.05, 3.63) is 29.8 Å². The van der Waals surface area contributed by atoms with E-state index in [1.54, 1.807) is 0 Å². The van der Waals surface area contributed by atoms with Crippen LogP contribution in [0.1, 0.15) is 45.1 Å². The second-order valence-corrected chi connectivity index (χ2v) is 4.49. The lowest BCUT2D eigenvalue weighted by atomic mass is 10.0. The lowest BCUT2D eigenvalue weighted by Crippen LogP contribution is -2.26. The Morgan fingerprint density at radius 1 is 1.19 bits per heavy atom. The van der Waals surface area contributed by atoms with Crippen LogP contribution in [0.4, 0.5) is 0 Å². The number of nitrogens with two attached hydrogens (primary N) is 1. The van der Waals surface area contributed by atoms with Gasteiger partial charge in [-0.25, -0.2) is 0 Å². The zero-order valence-corrected chi connectivity index (χ0v) is 10.6. The van der Waals surface area contributed by atoms with Gasteiger partial charge in [0.2, 0.25) is 0 Å². The summed E-state index contributed by atoms with van der Waals surface area (Å²) in [6.45, 7) is 7.11. The van der Waals surface area contributed by atoms with Crippen molar-refractivity contribution >= 4 is 0 Å². The summed E-state index contributed by atoms with van der Waals surface area (Å²) in [5, 5.41) is 0.